The average Bonchev–Trinajstić information content (AvgIpc) is 3.84. The molecule has 0 aliphatic rings. The Bertz CT molecular complexity index is 3200. The minimum Gasteiger partial charge on any atom is -0.436 e. The molecule has 11 aromatic rings. The number of nitrogens with zero attached hydrogens (tertiary/aromatic N) is 3. The molecule has 9 aromatic carbocycles. The van der Waals surface area contributed by atoms with E-state index in [-0.39, 0.29) is 0 Å². The van der Waals surface area contributed by atoms with E-state index < -0.39 is 0 Å². The van der Waals surface area contributed by atoms with Crippen LogP contribution in [0.1, 0.15) is 0 Å². The van der Waals surface area contributed by atoms with E-state index in [0.29, 0.717) is 5.89 Å². The molecule has 258 valence electrons. The van der Waals surface area contributed by atoms with Gasteiger partial charge in [-0.1, -0.05) is 127 Å². The molecule has 4 nitrogen and oxygen atoms in total. The van der Waals surface area contributed by atoms with Gasteiger partial charge in [-0.3, -0.25) is 0 Å². The van der Waals surface area contributed by atoms with Crippen LogP contribution in [0.3, 0.4) is 0 Å². The van der Waals surface area contributed by atoms with Gasteiger partial charge in [0.15, 0.2) is 5.58 Å². The summed E-state index contributed by atoms with van der Waals surface area (Å²) in [6.45, 7) is 0. The Balaban J connectivity index is 1.14. The van der Waals surface area contributed by atoms with Gasteiger partial charge < -0.3 is 13.9 Å². The maximum atomic E-state index is 6.58. The molecule has 0 aliphatic heterocycles. The highest BCUT2D eigenvalue weighted by molar-refractivity contribution is 6.14. The molecule has 0 radical (unpaired) electrons. The molecule has 55 heavy (non-hydrogen) atoms. The summed E-state index contributed by atoms with van der Waals surface area (Å²) < 4.78 is 8.94. The summed E-state index contributed by atoms with van der Waals surface area (Å²) in [4.78, 5) is 7.41. The van der Waals surface area contributed by atoms with Gasteiger partial charge in [-0.15, -0.1) is 0 Å². The monoisotopic (exact) mass is 703 g/mol. The summed E-state index contributed by atoms with van der Waals surface area (Å²) in [6.07, 6.45) is 0. The van der Waals surface area contributed by atoms with Gasteiger partial charge in [0.05, 0.1) is 16.7 Å². The van der Waals surface area contributed by atoms with Gasteiger partial charge in [0.1, 0.15) is 5.52 Å². The van der Waals surface area contributed by atoms with Gasteiger partial charge in [0.25, 0.3) is 0 Å². The predicted octanol–water partition coefficient (Wildman–Crippen LogP) is 14.0. The topological polar surface area (TPSA) is 34.2 Å². The van der Waals surface area contributed by atoms with E-state index in [4.69, 9.17) is 9.40 Å². The van der Waals surface area contributed by atoms with Gasteiger partial charge in [-0.2, -0.15) is 0 Å². The normalized spacial score (nSPS) is 11.6. The van der Waals surface area contributed by atoms with Crippen molar-refractivity contribution in [3.63, 3.8) is 0 Å². The molecule has 11 rings (SSSR count). The number of aromatic nitrogens is 2. The minimum absolute atomic E-state index is 0.610. The second-order valence-electron chi connectivity index (χ2n) is 14.0. The highest BCUT2D eigenvalue weighted by Crippen LogP contribution is 2.45. The van der Waals surface area contributed by atoms with Gasteiger partial charge in [0.2, 0.25) is 5.89 Å². The van der Waals surface area contributed by atoms with Crippen molar-refractivity contribution in [2.24, 2.45) is 0 Å². The molecular weight excluding hydrogens is 671 g/mol. The lowest BCUT2D eigenvalue weighted by Crippen LogP contribution is -2.10. The van der Waals surface area contributed by atoms with Crippen LogP contribution in [0.2, 0.25) is 0 Å². The standard InChI is InChI=1S/C51H33N3O/c1-3-14-36(15-4-1)51-52-50-44-21-10-9-19-42(44)48(33-49(50)55-51)53(40-27-25-35(26-28-40)38-24-23-34-13-7-8-16-37(34)31-38)41-29-30-47-45(32-41)43-20-11-12-22-46(43)54(47)39-17-5-2-6-18-39/h1-33H. The van der Waals surface area contributed by atoms with Crippen LogP contribution in [-0.4, -0.2) is 9.55 Å². The number of hydrogen-bond acceptors (Lipinski definition) is 3. The fourth-order valence-electron chi connectivity index (χ4n) is 8.18. The first kappa shape index (κ1) is 31.1. The number of benzene rings is 9. The summed E-state index contributed by atoms with van der Waals surface area (Å²) in [5.74, 6) is 0.610. The number of fused-ring (bicyclic) bond motifs is 7. The fourth-order valence-corrected chi connectivity index (χ4v) is 8.18. The van der Waals surface area contributed by atoms with Crippen LogP contribution in [-0.2, 0) is 0 Å². The molecule has 0 amide bonds. The summed E-state index contributed by atoms with van der Waals surface area (Å²) in [7, 11) is 0. The van der Waals surface area contributed by atoms with E-state index in [1.807, 2.05) is 30.3 Å². The number of oxazole rings is 1. The van der Waals surface area contributed by atoms with Crippen molar-refractivity contribution in [2.45, 2.75) is 0 Å². The van der Waals surface area contributed by atoms with Crippen LogP contribution in [0.15, 0.2) is 205 Å². The molecule has 0 bridgehead atoms. The molecular formula is C51H33N3O. The van der Waals surface area contributed by atoms with Gasteiger partial charge in [0, 0.05) is 50.2 Å². The summed E-state index contributed by atoms with van der Waals surface area (Å²) in [5, 5.41) is 7.00. The molecule has 4 heteroatoms. The van der Waals surface area contributed by atoms with Crippen molar-refractivity contribution >= 4 is 71.5 Å². The molecule has 2 aromatic heterocycles. The third-order valence-electron chi connectivity index (χ3n) is 10.8. The van der Waals surface area contributed by atoms with Gasteiger partial charge >= 0.3 is 0 Å². The molecule has 0 fully saturated rings. The van der Waals surface area contributed by atoms with Gasteiger partial charge in [-0.25, -0.2) is 4.98 Å². The first-order valence-corrected chi connectivity index (χ1v) is 18.6. The Labute approximate surface area is 317 Å². The van der Waals surface area contributed by atoms with E-state index in [0.717, 1.165) is 55.7 Å². The molecule has 0 atom stereocenters. The lowest BCUT2D eigenvalue weighted by Gasteiger charge is -2.27. The van der Waals surface area contributed by atoms with Gasteiger partial charge in [-0.05, 0) is 88.6 Å². The van der Waals surface area contributed by atoms with Crippen LogP contribution < -0.4 is 4.90 Å². The van der Waals surface area contributed by atoms with Crippen LogP contribution >= 0.6 is 0 Å². The lowest BCUT2D eigenvalue weighted by molar-refractivity contribution is 0.620. The van der Waals surface area contributed by atoms with Crippen molar-refractivity contribution in [3.8, 4) is 28.3 Å². The third kappa shape index (κ3) is 5.19. The number of rotatable bonds is 6. The molecule has 0 N–H and O–H groups in total. The Hall–Kier alpha value is -7.43. The third-order valence-corrected chi connectivity index (χ3v) is 10.8. The molecule has 0 saturated heterocycles. The minimum atomic E-state index is 0.610. The lowest BCUT2D eigenvalue weighted by atomic mass is 10.0. The highest BCUT2D eigenvalue weighted by atomic mass is 16.3. The maximum Gasteiger partial charge on any atom is 0.227 e. The Kier molecular flexibility index (Phi) is 7.14. The van der Waals surface area contributed by atoms with Crippen molar-refractivity contribution in [3.05, 3.63) is 200 Å². The summed E-state index contributed by atoms with van der Waals surface area (Å²) >= 11 is 0. The van der Waals surface area contributed by atoms with E-state index in [9.17, 15) is 0 Å². The second-order valence-corrected chi connectivity index (χ2v) is 14.0. The Morgan fingerprint density at radius 3 is 1.87 bits per heavy atom. The van der Waals surface area contributed by atoms with E-state index in [1.165, 1.54) is 38.2 Å². The maximum absolute atomic E-state index is 6.58. The first-order chi connectivity index (χ1) is 27.3. The van der Waals surface area contributed by atoms with Crippen molar-refractivity contribution in [1.82, 2.24) is 9.55 Å². The van der Waals surface area contributed by atoms with E-state index >= 15 is 0 Å². The van der Waals surface area contributed by atoms with Crippen molar-refractivity contribution in [1.29, 1.82) is 0 Å². The largest absolute Gasteiger partial charge is 0.436 e. The Morgan fingerprint density at radius 2 is 1.05 bits per heavy atom. The molecule has 0 spiro atoms. The summed E-state index contributed by atoms with van der Waals surface area (Å²) in [6, 6.07) is 71.1. The molecule has 0 unspecified atom stereocenters. The predicted molar refractivity (Wildman–Crippen MR) is 229 cm³/mol. The van der Waals surface area contributed by atoms with Crippen molar-refractivity contribution in [2.75, 3.05) is 4.90 Å². The molecule has 0 saturated carbocycles. The van der Waals surface area contributed by atoms with Crippen LogP contribution in [0.25, 0.3) is 82.7 Å². The van der Waals surface area contributed by atoms with Crippen LogP contribution in [0.4, 0.5) is 17.1 Å². The average molecular weight is 704 g/mol. The number of anilines is 3. The van der Waals surface area contributed by atoms with Crippen molar-refractivity contribution < 1.29 is 4.42 Å². The zero-order valence-corrected chi connectivity index (χ0v) is 29.8. The zero-order valence-electron chi connectivity index (χ0n) is 29.8. The van der Waals surface area contributed by atoms with Crippen LogP contribution in [0, 0.1) is 0 Å². The quantitative estimate of drug-likeness (QED) is 0.173. The molecule has 2 heterocycles. The highest BCUT2D eigenvalue weighted by Gasteiger charge is 2.22. The van der Waals surface area contributed by atoms with E-state index in [1.54, 1.807) is 0 Å². The molecule has 0 aliphatic carbocycles. The second kappa shape index (κ2) is 12.6. The number of para-hydroxylation sites is 2. The Morgan fingerprint density at radius 1 is 0.418 bits per heavy atom. The fraction of sp³-hybridized carbons (Fsp3) is 0. The van der Waals surface area contributed by atoms with E-state index in [2.05, 4.69) is 179 Å². The SMILES string of the molecule is c1ccc(-c2nc3c(cc(N(c4ccc(-c5ccc6ccccc6c5)cc4)c4ccc5c(c4)c4ccccc4n5-c4ccccc4)c4ccccc43)o2)cc1. The number of hydrogen-bond donors (Lipinski definition) is 0. The smallest absolute Gasteiger partial charge is 0.227 e. The van der Waals surface area contributed by atoms with Crippen LogP contribution in [0.5, 0.6) is 0 Å². The zero-order chi connectivity index (χ0) is 36.3. The first-order valence-electron chi connectivity index (χ1n) is 18.6. The summed E-state index contributed by atoms with van der Waals surface area (Å²) in [5.41, 5.74) is 11.5.